The van der Waals surface area contributed by atoms with Crippen molar-refractivity contribution in [2.45, 2.75) is 6.92 Å². The van der Waals surface area contributed by atoms with Crippen LogP contribution in [0.3, 0.4) is 0 Å². The minimum absolute atomic E-state index is 0.198. The van der Waals surface area contributed by atoms with Gasteiger partial charge in [0.25, 0.3) is 11.8 Å². The van der Waals surface area contributed by atoms with E-state index in [4.69, 9.17) is 17.3 Å². The number of primary amides is 1. The smallest absolute Gasteiger partial charge is 0.325 e. The molecule has 0 bridgehead atoms. The maximum absolute atomic E-state index is 12.6. The molecular weight excluding hydrogens is 414 g/mol. The topological polar surface area (TPSA) is 126 Å². The van der Waals surface area contributed by atoms with Crippen LogP contribution in [-0.4, -0.2) is 22.8 Å². The third-order valence-corrected chi connectivity index (χ3v) is 5.09. The van der Waals surface area contributed by atoms with E-state index in [1.165, 1.54) is 6.07 Å². The maximum atomic E-state index is 12.6. The predicted molar refractivity (Wildman–Crippen MR) is 114 cm³/mol. The Morgan fingerprint density at radius 3 is 2.38 bits per heavy atom. The molecule has 148 valence electrons. The molecule has 0 aliphatic heterocycles. The lowest BCUT2D eigenvalue weighted by atomic mass is 10.1. The number of hydrogen-bond acceptors (Lipinski definition) is 5. The van der Waals surface area contributed by atoms with Crippen LogP contribution >= 0.6 is 22.9 Å². The van der Waals surface area contributed by atoms with Crippen molar-refractivity contribution in [3.8, 4) is 0 Å². The highest BCUT2D eigenvalue weighted by atomic mass is 35.5. The van der Waals surface area contributed by atoms with Crippen LogP contribution in [0.1, 0.15) is 25.7 Å². The average Bonchev–Trinajstić information content (AvgIpc) is 3.04. The van der Waals surface area contributed by atoms with Crippen LogP contribution in [0.25, 0.3) is 0 Å². The second kappa shape index (κ2) is 8.72. The van der Waals surface area contributed by atoms with Gasteiger partial charge in [-0.2, -0.15) is 0 Å². The molecular formula is C19H16ClN5O3S. The van der Waals surface area contributed by atoms with Gasteiger partial charge < -0.3 is 16.4 Å². The number of carbonyl (C=O) groups excluding carboxylic acids is 3. The van der Waals surface area contributed by atoms with Crippen LogP contribution in [0.4, 0.5) is 21.3 Å². The molecule has 3 rings (SSSR count). The van der Waals surface area contributed by atoms with Crippen LogP contribution in [0.15, 0.2) is 48.5 Å². The van der Waals surface area contributed by atoms with E-state index < -0.39 is 17.8 Å². The maximum Gasteiger partial charge on any atom is 0.325 e. The summed E-state index contributed by atoms with van der Waals surface area (Å²) in [7, 11) is 0. The Bertz CT molecular complexity index is 1080. The van der Waals surface area contributed by atoms with Crippen LogP contribution < -0.4 is 21.7 Å². The van der Waals surface area contributed by atoms with E-state index in [1.54, 1.807) is 49.4 Å². The summed E-state index contributed by atoms with van der Waals surface area (Å²) in [6, 6.07) is 12.5. The van der Waals surface area contributed by atoms with E-state index in [1.807, 2.05) is 0 Å². The van der Waals surface area contributed by atoms with Crippen molar-refractivity contribution in [3.63, 3.8) is 0 Å². The van der Waals surface area contributed by atoms with E-state index in [0.29, 0.717) is 27.0 Å². The molecule has 2 aromatic carbocycles. The molecule has 0 fully saturated rings. The van der Waals surface area contributed by atoms with Crippen molar-refractivity contribution in [2.24, 2.45) is 5.73 Å². The molecule has 0 unspecified atom stereocenters. The van der Waals surface area contributed by atoms with Gasteiger partial charge in [0.2, 0.25) is 0 Å². The van der Waals surface area contributed by atoms with Crippen LogP contribution in [0.2, 0.25) is 5.02 Å². The van der Waals surface area contributed by atoms with E-state index in [9.17, 15) is 14.4 Å². The molecule has 1 heterocycles. The Hall–Kier alpha value is -3.43. The number of halogens is 1. The number of nitrogens with two attached hydrogens (primary N) is 1. The Labute approximate surface area is 175 Å². The molecule has 1 aromatic heterocycles. The summed E-state index contributed by atoms with van der Waals surface area (Å²) in [5.74, 6) is -1.11. The average molecular weight is 430 g/mol. The number of hydrogen-bond donors (Lipinski definition) is 4. The van der Waals surface area contributed by atoms with Crippen molar-refractivity contribution in [1.82, 2.24) is 4.98 Å². The molecule has 0 spiro atoms. The molecule has 4 amide bonds. The zero-order chi connectivity index (χ0) is 21.0. The monoisotopic (exact) mass is 429 g/mol. The summed E-state index contributed by atoms with van der Waals surface area (Å²) in [6.45, 7) is 1.65. The Balaban J connectivity index is 1.69. The predicted octanol–water partition coefficient (Wildman–Crippen LogP) is 4.10. The number of nitrogens with zero attached hydrogens (tertiary/aromatic N) is 1. The number of benzene rings is 2. The van der Waals surface area contributed by atoms with E-state index in [0.717, 1.165) is 11.3 Å². The third kappa shape index (κ3) is 5.09. The third-order valence-electron chi connectivity index (χ3n) is 3.77. The van der Waals surface area contributed by atoms with Gasteiger partial charge in [0.15, 0.2) is 5.13 Å². The number of nitrogens with one attached hydrogen (secondary N) is 3. The van der Waals surface area contributed by atoms with Gasteiger partial charge in [-0.15, -0.1) is 0 Å². The Morgan fingerprint density at radius 2 is 1.69 bits per heavy atom. The standard InChI is InChI=1S/C19H16ClN5O3S/c1-10-15(17(27)24-14-5-3-2-4-13(14)16(21)26)29-19(22-10)25-18(28)23-12-8-6-11(20)7-9-12/h2-9H,1H3,(H2,21,26)(H,24,27)(H2,22,23,25,28). The molecule has 29 heavy (non-hydrogen) atoms. The van der Waals surface area contributed by atoms with Crippen LogP contribution in [0.5, 0.6) is 0 Å². The summed E-state index contributed by atoms with van der Waals surface area (Å²) < 4.78 is 0. The molecule has 0 saturated heterocycles. The van der Waals surface area contributed by atoms with Gasteiger partial charge in [-0.3, -0.25) is 14.9 Å². The fourth-order valence-electron chi connectivity index (χ4n) is 2.44. The number of aromatic nitrogens is 1. The SMILES string of the molecule is Cc1nc(NC(=O)Nc2ccc(Cl)cc2)sc1C(=O)Nc1ccccc1C(N)=O. The Morgan fingerprint density at radius 1 is 1.00 bits per heavy atom. The van der Waals surface area contributed by atoms with Gasteiger partial charge >= 0.3 is 6.03 Å². The van der Waals surface area contributed by atoms with Crippen molar-refractivity contribution in [1.29, 1.82) is 0 Å². The normalized spacial score (nSPS) is 10.3. The van der Waals surface area contributed by atoms with Gasteiger partial charge in [-0.05, 0) is 43.3 Å². The highest BCUT2D eigenvalue weighted by molar-refractivity contribution is 7.17. The van der Waals surface area contributed by atoms with Gasteiger partial charge in [0, 0.05) is 10.7 Å². The van der Waals surface area contributed by atoms with Crippen LogP contribution in [0, 0.1) is 6.92 Å². The number of para-hydroxylation sites is 1. The van der Waals surface area contributed by atoms with Crippen LogP contribution in [-0.2, 0) is 0 Å². The number of anilines is 3. The lowest BCUT2D eigenvalue weighted by Gasteiger charge is -2.07. The lowest BCUT2D eigenvalue weighted by molar-refractivity contribution is 0.100. The van der Waals surface area contributed by atoms with Gasteiger partial charge in [-0.25, -0.2) is 9.78 Å². The van der Waals surface area contributed by atoms with Gasteiger partial charge in [-0.1, -0.05) is 35.1 Å². The molecule has 3 aromatic rings. The summed E-state index contributed by atoms with van der Waals surface area (Å²) in [5.41, 5.74) is 6.82. The zero-order valence-corrected chi connectivity index (χ0v) is 16.7. The molecule has 0 aliphatic rings. The van der Waals surface area contributed by atoms with E-state index in [-0.39, 0.29) is 10.7 Å². The van der Waals surface area contributed by atoms with Crippen molar-refractivity contribution >= 4 is 57.3 Å². The fourth-order valence-corrected chi connectivity index (χ4v) is 3.42. The zero-order valence-electron chi connectivity index (χ0n) is 15.2. The molecule has 0 radical (unpaired) electrons. The lowest BCUT2D eigenvalue weighted by Crippen LogP contribution is -2.19. The molecule has 5 N–H and O–H groups in total. The number of carbonyl (C=O) groups is 3. The first-order valence-electron chi connectivity index (χ1n) is 8.34. The molecule has 0 atom stereocenters. The number of thiazole rings is 1. The molecule has 10 heteroatoms. The minimum atomic E-state index is -0.650. The molecule has 0 aliphatic carbocycles. The molecule has 0 saturated carbocycles. The van der Waals surface area contributed by atoms with Crippen molar-refractivity contribution < 1.29 is 14.4 Å². The first-order valence-corrected chi connectivity index (χ1v) is 9.54. The highest BCUT2D eigenvalue weighted by Gasteiger charge is 2.18. The van der Waals surface area contributed by atoms with Gasteiger partial charge in [0.05, 0.1) is 16.9 Å². The van der Waals surface area contributed by atoms with E-state index in [2.05, 4.69) is 20.9 Å². The minimum Gasteiger partial charge on any atom is -0.366 e. The largest absolute Gasteiger partial charge is 0.366 e. The van der Waals surface area contributed by atoms with Crippen molar-refractivity contribution in [2.75, 3.05) is 16.0 Å². The Kier molecular flexibility index (Phi) is 6.10. The second-order valence-corrected chi connectivity index (χ2v) is 7.32. The quantitative estimate of drug-likeness (QED) is 0.487. The fraction of sp³-hybridized carbons (Fsp3) is 0.0526. The summed E-state index contributed by atoms with van der Waals surface area (Å²) in [6.07, 6.45) is 0. The number of amides is 4. The summed E-state index contributed by atoms with van der Waals surface area (Å²) in [4.78, 5) is 40.7. The van der Waals surface area contributed by atoms with Crippen molar-refractivity contribution in [3.05, 3.63) is 69.7 Å². The number of urea groups is 1. The number of rotatable bonds is 5. The second-order valence-electron chi connectivity index (χ2n) is 5.88. The first-order chi connectivity index (χ1) is 13.8. The molecule has 8 nitrogen and oxygen atoms in total. The summed E-state index contributed by atoms with van der Waals surface area (Å²) in [5, 5.41) is 8.68. The number of aryl methyl sites for hydroxylation is 1. The first kappa shape index (κ1) is 20.3. The highest BCUT2D eigenvalue weighted by Crippen LogP contribution is 2.25. The van der Waals surface area contributed by atoms with E-state index >= 15 is 0 Å². The van der Waals surface area contributed by atoms with Gasteiger partial charge in [0.1, 0.15) is 4.88 Å². The summed E-state index contributed by atoms with van der Waals surface area (Å²) >= 11 is 6.82.